The summed E-state index contributed by atoms with van der Waals surface area (Å²) < 4.78 is 0. The monoisotopic (exact) mass is 233 g/mol. The molecule has 17 heavy (non-hydrogen) atoms. The lowest BCUT2D eigenvalue weighted by Crippen LogP contribution is -2.36. The minimum atomic E-state index is 0.0427. The highest BCUT2D eigenvalue weighted by Crippen LogP contribution is 2.29. The average Bonchev–Trinajstić information content (AvgIpc) is 3.09. The lowest BCUT2D eigenvalue weighted by molar-refractivity contribution is 0.0723. The summed E-state index contributed by atoms with van der Waals surface area (Å²) >= 11 is 0. The second kappa shape index (κ2) is 4.73. The van der Waals surface area contributed by atoms with Crippen LogP contribution in [0, 0.1) is 5.92 Å². The molecule has 1 heterocycles. The highest BCUT2D eigenvalue weighted by atomic mass is 16.2. The molecule has 4 nitrogen and oxygen atoms in total. The Kier molecular flexibility index (Phi) is 3.31. The number of anilines is 1. The fraction of sp³-hybridized carbons (Fsp3) is 0.538. The van der Waals surface area contributed by atoms with E-state index < -0.39 is 0 Å². The summed E-state index contributed by atoms with van der Waals surface area (Å²) in [7, 11) is 0. The molecule has 0 radical (unpaired) electrons. The minimum Gasteiger partial charge on any atom is -0.397 e. The van der Waals surface area contributed by atoms with Crippen LogP contribution < -0.4 is 5.73 Å². The third-order valence-corrected chi connectivity index (χ3v) is 2.89. The molecular formula is C13H19N3O. The summed E-state index contributed by atoms with van der Waals surface area (Å²) in [5, 5.41) is 0. The molecule has 0 aliphatic heterocycles. The Hall–Kier alpha value is -1.58. The van der Waals surface area contributed by atoms with Gasteiger partial charge in [0.2, 0.25) is 0 Å². The van der Waals surface area contributed by atoms with Crippen LogP contribution in [0.5, 0.6) is 0 Å². The number of amides is 1. The smallest absolute Gasteiger partial charge is 0.256 e. The van der Waals surface area contributed by atoms with Crippen LogP contribution in [-0.2, 0) is 0 Å². The van der Waals surface area contributed by atoms with Gasteiger partial charge in [-0.1, -0.05) is 13.8 Å². The molecule has 1 amide bonds. The molecular weight excluding hydrogens is 214 g/mol. The van der Waals surface area contributed by atoms with Crippen LogP contribution in [-0.4, -0.2) is 28.4 Å². The number of carbonyl (C=O) groups is 1. The summed E-state index contributed by atoms with van der Waals surface area (Å²) in [6.45, 7) is 5.04. The molecule has 0 bridgehead atoms. The third-order valence-electron chi connectivity index (χ3n) is 2.89. The normalized spacial score (nSPS) is 15.0. The van der Waals surface area contributed by atoms with Crippen LogP contribution in [0.3, 0.4) is 0 Å². The first-order chi connectivity index (χ1) is 8.09. The summed E-state index contributed by atoms with van der Waals surface area (Å²) in [6.07, 6.45) is 5.38. The third kappa shape index (κ3) is 2.75. The van der Waals surface area contributed by atoms with Crippen LogP contribution in [0.4, 0.5) is 5.69 Å². The predicted molar refractivity (Wildman–Crippen MR) is 67.5 cm³/mol. The van der Waals surface area contributed by atoms with E-state index in [2.05, 4.69) is 18.8 Å². The molecule has 0 saturated heterocycles. The van der Waals surface area contributed by atoms with Gasteiger partial charge in [-0.25, -0.2) is 0 Å². The Morgan fingerprint density at radius 3 is 2.82 bits per heavy atom. The second-order valence-electron chi connectivity index (χ2n) is 5.05. The first-order valence-electron chi connectivity index (χ1n) is 6.10. The zero-order chi connectivity index (χ0) is 12.4. The molecule has 2 rings (SSSR count). The first-order valence-corrected chi connectivity index (χ1v) is 6.10. The van der Waals surface area contributed by atoms with Gasteiger partial charge in [-0.2, -0.15) is 0 Å². The molecule has 92 valence electrons. The van der Waals surface area contributed by atoms with Crippen LogP contribution in [0.1, 0.15) is 37.0 Å². The van der Waals surface area contributed by atoms with E-state index in [0.29, 0.717) is 23.2 Å². The van der Waals surface area contributed by atoms with E-state index >= 15 is 0 Å². The van der Waals surface area contributed by atoms with Crippen LogP contribution in [0.25, 0.3) is 0 Å². The minimum absolute atomic E-state index is 0.0427. The van der Waals surface area contributed by atoms with E-state index in [-0.39, 0.29) is 5.91 Å². The molecule has 1 aliphatic rings. The van der Waals surface area contributed by atoms with Gasteiger partial charge >= 0.3 is 0 Å². The molecule has 2 N–H and O–H groups in total. The predicted octanol–water partition coefficient (Wildman–Crippen LogP) is 1.92. The van der Waals surface area contributed by atoms with Gasteiger partial charge < -0.3 is 10.6 Å². The highest BCUT2D eigenvalue weighted by Gasteiger charge is 2.33. The van der Waals surface area contributed by atoms with Crippen LogP contribution >= 0.6 is 0 Å². The van der Waals surface area contributed by atoms with Gasteiger partial charge in [0, 0.05) is 18.8 Å². The van der Waals surface area contributed by atoms with Crippen LogP contribution in [0.15, 0.2) is 18.5 Å². The number of nitrogen functional groups attached to an aromatic ring is 1. The number of rotatable bonds is 4. The zero-order valence-electron chi connectivity index (χ0n) is 10.4. The van der Waals surface area contributed by atoms with E-state index in [1.54, 1.807) is 12.3 Å². The Labute approximate surface area is 102 Å². The van der Waals surface area contributed by atoms with Crippen molar-refractivity contribution in [2.75, 3.05) is 12.3 Å². The van der Waals surface area contributed by atoms with Crippen molar-refractivity contribution >= 4 is 11.6 Å². The molecule has 0 aromatic carbocycles. The summed E-state index contributed by atoms with van der Waals surface area (Å²) in [6, 6.07) is 2.12. The lowest BCUT2D eigenvalue weighted by Gasteiger charge is -2.24. The second-order valence-corrected chi connectivity index (χ2v) is 5.05. The zero-order valence-corrected chi connectivity index (χ0v) is 10.4. The number of nitrogens with zero attached hydrogens (tertiary/aromatic N) is 2. The quantitative estimate of drug-likeness (QED) is 0.864. The van der Waals surface area contributed by atoms with Gasteiger partial charge in [-0.05, 0) is 24.8 Å². The highest BCUT2D eigenvalue weighted by molar-refractivity contribution is 5.99. The van der Waals surface area contributed by atoms with E-state index in [1.165, 1.54) is 6.20 Å². The summed E-state index contributed by atoms with van der Waals surface area (Å²) in [5.74, 6) is 0.517. The fourth-order valence-electron chi connectivity index (χ4n) is 1.93. The van der Waals surface area contributed by atoms with Crippen molar-refractivity contribution in [3.63, 3.8) is 0 Å². The molecule has 1 aromatic heterocycles. The van der Waals surface area contributed by atoms with Crippen molar-refractivity contribution in [2.24, 2.45) is 5.92 Å². The Morgan fingerprint density at radius 1 is 1.59 bits per heavy atom. The number of nitrogens with two attached hydrogens (primary N) is 1. The van der Waals surface area contributed by atoms with Gasteiger partial charge in [0.25, 0.3) is 5.91 Å². The topological polar surface area (TPSA) is 59.2 Å². The van der Waals surface area contributed by atoms with E-state index in [0.717, 1.165) is 19.4 Å². The maximum Gasteiger partial charge on any atom is 0.256 e. The Balaban J connectivity index is 2.19. The van der Waals surface area contributed by atoms with Crippen molar-refractivity contribution < 1.29 is 4.79 Å². The van der Waals surface area contributed by atoms with E-state index in [9.17, 15) is 4.79 Å². The van der Waals surface area contributed by atoms with Crippen molar-refractivity contribution in [2.45, 2.75) is 32.7 Å². The lowest BCUT2D eigenvalue weighted by atomic mass is 10.1. The Bertz CT molecular complexity index is 413. The van der Waals surface area contributed by atoms with E-state index in [4.69, 9.17) is 5.73 Å². The molecule has 1 saturated carbocycles. The van der Waals surface area contributed by atoms with Gasteiger partial charge in [-0.15, -0.1) is 0 Å². The van der Waals surface area contributed by atoms with E-state index in [1.807, 2.05) is 4.90 Å². The number of hydrogen-bond acceptors (Lipinski definition) is 3. The van der Waals surface area contributed by atoms with Crippen molar-refractivity contribution in [3.05, 3.63) is 24.0 Å². The Morgan fingerprint density at radius 2 is 2.29 bits per heavy atom. The van der Waals surface area contributed by atoms with Gasteiger partial charge in [0.05, 0.1) is 17.4 Å². The molecule has 0 spiro atoms. The number of carbonyl (C=O) groups excluding carboxylic acids is 1. The number of aromatic nitrogens is 1. The molecule has 1 aromatic rings. The maximum absolute atomic E-state index is 12.4. The SMILES string of the molecule is CC(C)CN(C(=O)c1ccncc1N)C1CC1. The van der Waals surface area contributed by atoms with Crippen molar-refractivity contribution in [1.82, 2.24) is 9.88 Å². The first kappa shape index (κ1) is 11.9. The van der Waals surface area contributed by atoms with Crippen molar-refractivity contribution in [1.29, 1.82) is 0 Å². The van der Waals surface area contributed by atoms with Crippen molar-refractivity contribution in [3.8, 4) is 0 Å². The molecule has 1 fully saturated rings. The summed E-state index contributed by atoms with van der Waals surface area (Å²) in [5.41, 5.74) is 6.84. The van der Waals surface area contributed by atoms with Gasteiger partial charge in [-0.3, -0.25) is 9.78 Å². The van der Waals surface area contributed by atoms with Gasteiger partial charge in [0.1, 0.15) is 0 Å². The maximum atomic E-state index is 12.4. The summed E-state index contributed by atoms with van der Waals surface area (Å²) in [4.78, 5) is 18.3. The molecule has 1 aliphatic carbocycles. The van der Waals surface area contributed by atoms with Gasteiger partial charge in [0.15, 0.2) is 0 Å². The molecule has 0 unspecified atom stereocenters. The number of pyridine rings is 1. The standard InChI is InChI=1S/C13H19N3O/c1-9(2)8-16(10-3-4-10)13(17)11-5-6-15-7-12(11)14/h5-7,9-10H,3-4,8,14H2,1-2H3. The number of hydrogen-bond donors (Lipinski definition) is 1. The molecule has 4 heteroatoms. The fourth-order valence-corrected chi connectivity index (χ4v) is 1.93. The van der Waals surface area contributed by atoms with Crippen LogP contribution in [0.2, 0.25) is 0 Å². The largest absolute Gasteiger partial charge is 0.397 e. The average molecular weight is 233 g/mol. The molecule has 0 atom stereocenters.